The van der Waals surface area contributed by atoms with Gasteiger partial charge in [-0.15, -0.1) is 0 Å². The zero-order valence-electron chi connectivity index (χ0n) is 13.1. The van der Waals surface area contributed by atoms with E-state index in [-0.39, 0.29) is 11.0 Å². The monoisotopic (exact) mass is 333 g/mol. The van der Waals surface area contributed by atoms with Crippen molar-refractivity contribution in [3.05, 3.63) is 29.8 Å². The van der Waals surface area contributed by atoms with Gasteiger partial charge >= 0.3 is 5.97 Å². The summed E-state index contributed by atoms with van der Waals surface area (Å²) in [6, 6.07) is 5.05. The molecule has 8 heteroatoms. The average molecular weight is 333 g/mol. The molecule has 0 aliphatic heterocycles. The lowest BCUT2D eigenvalue weighted by Gasteiger charge is -2.15. The van der Waals surface area contributed by atoms with Crippen molar-refractivity contribution < 1.29 is 27.6 Å². The maximum Gasteiger partial charge on any atom is 0.325 e. The van der Waals surface area contributed by atoms with Crippen molar-refractivity contribution in [2.24, 2.45) is 5.73 Å². The van der Waals surface area contributed by atoms with Gasteiger partial charge in [0.05, 0.1) is 17.1 Å². The van der Waals surface area contributed by atoms with Crippen LogP contribution in [0.4, 0.5) is 0 Å². The Morgan fingerprint density at radius 3 is 1.95 bits per heavy atom. The number of carbonyl (C=O) groups is 1. The van der Waals surface area contributed by atoms with Gasteiger partial charge in [-0.05, 0) is 39.8 Å². The summed E-state index contributed by atoms with van der Waals surface area (Å²) in [6.45, 7) is 6.75. The number of aliphatic hydroxyl groups is 1. The fourth-order valence-corrected chi connectivity index (χ4v) is 1.70. The SMILES string of the molecule is CC(C)OC(=O)[C@@H](N)[C@@H](C)O.Cc1ccc(S(=O)(=O)O)cc1. The second-order valence-corrected chi connectivity index (χ2v) is 6.46. The molecule has 1 rings (SSSR count). The number of nitrogens with two attached hydrogens (primary N) is 1. The maximum atomic E-state index is 10.9. The Hall–Kier alpha value is -1.48. The van der Waals surface area contributed by atoms with E-state index in [1.165, 1.54) is 19.1 Å². The van der Waals surface area contributed by atoms with Crippen molar-refractivity contribution in [1.82, 2.24) is 0 Å². The van der Waals surface area contributed by atoms with E-state index in [0.29, 0.717) is 0 Å². The summed E-state index contributed by atoms with van der Waals surface area (Å²) in [5.74, 6) is -0.560. The van der Waals surface area contributed by atoms with Crippen LogP contribution in [0.2, 0.25) is 0 Å². The second-order valence-electron chi connectivity index (χ2n) is 5.04. The van der Waals surface area contributed by atoms with Gasteiger partial charge in [-0.3, -0.25) is 9.35 Å². The first-order chi connectivity index (χ1) is 9.95. The highest BCUT2D eigenvalue weighted by molar-refractivity contribution is 7.85. The molecule has 4 N–H and O–H groups in total. The Labute approximate surface area is 130 Å². The molecule has 0 spiro atoms. The number of ether oxygens (including phenoxy) is 1. The van der Waals surface area contributed by atoms with Crippen molar-refractivity contribution in [1.29, 1.82) is 0 Å². The number of benzene rings is 1. The molecule has 0 aliphatic rings. The van der Waals surface area contributed by atoms with Crippen LogP contribution in [-0.2, 0) is 19.6 Å². The molecular weight excluding hydrogens is 310 g/mol. The fourth-order valence-electron chi connectivity index (χ4n) is 1.22. The zero-order valence-corrected chi connectivity index (χ0v) is 13.9. The van der Waals surface area contributed by atoms with Crippen LogP contribution in [0.25, 0.3) is 0 Å². The third-order valence-electron chi connectivity index (χ3n) is 2.46. The Morgan fingerprint density at radius 1 is 1.18 bits per heavy atom. The molecule has 0 radical (unpaired) electrons. The summed E-state index contributed by atoms with van der Waals surface area (Å²) in [6.07, 6.45) is -1.05. The van der Waals surface area contributed by atoms with Crippen LogP contribution in [0.15, 0.2) is 29.2 Å². The molecule has 1 aromatic rings. The molecule has 0 aromatic heterocycles. The van der Waals surface area contributed by atoms with Crippen molar-refractivity contribution in [3.8, 4) is 0 Å². The van der Waals surface area contributed by atoms with E-state index < -0.39 is 28.2 Å². The smallest absolute Gasteiger partial charge is 0.325 e. The Balaban J connectivity index is 0.000000401. The largest absolute Gasteiger partial charge is 0.462 e. The van der Waals surface area contributed by atoms with Gasteiger partial charge in [-0.25, -0.2) is 0 Å². The topological polar surface area (TPSA) is 127 Å². The van der Waals surface area contributed by atoms with E-state index in [4.69, 9.17) is 20.1 Å². The number of aliphatic hydroxyl groups excluding tert-OH is 1. The summed E-state index contributed by atoms with van der Waals surface area (Å²) >= 11 is 0. The third kappa shape index (κ3) is 8.08. The quantitative estimate of drug-likeness (QED) is 0.551. The molecule has 126 valence electrons. The molecule has 22 heavy (non-hydrogen) atoms. The molecule has 0 fully saturated rings. The number of aryl methyl sites for hydroxylation is 1. The Bertz CT molecular complexity index is 566. The predicted molar refractivity (Wildman–Crippen MR) is 81.9 cm³/mol. The molecule has 0 unspecified atom stereocenters. The van der Waals surface area contributed by atoms with E-state index in [1.807, 2.05) is 6.92 Å². The lowest BCUT2D eigenvalue weighted by atomic mass is 10.2. The van der Waals surface area contributed by atoms with Crippen molar-refractivity contribution in [3.63, 3.8) is 0 Å². The fraction of sp³-hybridized carbons (Fsp3) is 0.500. The molecule has 7 nitrogen and oxygen atoms in total. The standard InChI is InChI=1S/C7H15NO3.C7H8O3S/c1-4(2)11-7(10)6(8)5(3)9;1-6-2-4-7(5-3-6)11(8,9)10/h4-6,9H,8H2,1-3H3;2-5H,1H3,(H,8,9,10)/t5-,6+;/m1./s1. The summed E-state index contributed by atoms with van der Waals surface area (Å²) in [7, 11) is -4.02. The van der Waals surface area contributed by atoms with Gasteiger partial charge in [0.1, 0.15) is 6.04 Å². The number of esters is 1. The molecular formula is C14H23NO6S. The van der Waals surface area contributed by atoms with E-state index in [1.54, 1.807) is 26.0 Å². The van der Waals surface area contributed by atoms with Crippen LogP contribution in [0.1, 0.15) is 26.3 Å². The number of rotatable bonds is 4. The number of carbonyl (C=O) groups excluding carboxylic acids is 1. The molecule has 0 saturated carbocycles. The van der Waals surface area contributed by atoms with Gasteiger partial charge in [-0.1, -0.05) is 17.7 Å². The van der Waals surface area contributed by atoms with Gasteiger partial charge in [0, 0.05) is 0 Å². The summed E-state index contributed by atoms with van der Waals surface area (Å²) < 4.78 is 34.3. The second kappa shape index (κ2) is 8.84. The van der Waals surface area contributed by atoms with Crippen LogP contribution in [0.5, 0.6) is 0 Å². The van der Waals surface area contributed by atoms with E-state index >= 15 is 0 Å². The highest BCUT2D eigenvalue weighted by Crippen LogP contribution is 2.08. The van der Waals surface area contributed by atoms with Crippen LogP contribution in [0.3, 0.4) is 0 Å². The van der Waals surface area contributed by atoms with Crippen molar-refractivity contribution >= 4 is 16.1 Å². The van der Waals surface area contributed by atoms with Crippen LogP contribution < -0.4 is 5.73 Å². The third-order valence-corrected chi connectivity index (χ3v) is 3.33. The predicted octanol–water partition coefficient (Wildman–Crippen LogP) is 0.888. The first-order valence-corrected chi connectivity index (χ1v) is 8.07. The zero-order chi connectivity index (χ0) is 17.5. The molecule has 0 bridgehead atoms. The first kappa shape index (κ1) is 20.5. The van der Waals surface area contributed by atoms with Gasteiger partial charge < -0.3 is 15.6 Å². The minimum absolute atomic E-state index is 0.0666. The van der Waals surface area contributed by atoms with Gasteiger partial charge in [0.15, 0.2) is 0 Å². The molecule has 0 amide bonds. The lowest BCUT2D eigenvalue weighted by Crippen LogP contribution is -2.42. The summed E-state index contributed by atoms with van der Waals surface area (Å²) in [4.78, 5) is 10.8. The Morgan fingerprint density at radius 2 is 1.64 bits per heavy atom. The van der Waals surface area contributed by atoms with Gasteiger partial charge in [-0.2, -0.15) is 8.42 Å². The van der Waals surface area contributed by atoms with Crippen LogP contribution in [-0.4, -0.2) is 42.3 Å². The van der Waals surface area contributed by atoms with Gasteiger partial charge in [0.25, 0.3) is 10.1 Å². The number of hydrogen-bond acceptors (Lipinski definition) is 6. The first-order valence-electron chi connectivity index (χ1n) is 6.63. The van der Waals surface area contributed by atoms with E-state index in [0.717, 1.165) is 5.56 Å². The lowest BCUT2D eigenvalue weighted by molar-refractivity contribution is -0.151. The molecule has 0 saturated heterocycles. The maximum absolute atomic E-state index is 10.9. The van der Waals surface area contributed by atoms with Crippen LogP contribution >= 0.6 is 0 Å². The van der Waals surface area contributed by atoms with Crippen molar-refractivity contribution in [2.75, 3.05) is 0 Å². The average Bonchev–Trinajstić information content (AvgIpc) is 2.37. The summed E-state index contributed by atoms with van der Waals surface area (Å²) in [5, 5.41) is 8.88. The number of hydrogen-bond donors (Lipinski definition) is 3. The van der Waals surface area contributed by atoms with Crippen LogP contribution in [0, 0.1) is 6.92 Å². The summed E-state index contributed by atoms with van der Waals surface area (Å²) in [5.41, 5.74) is 6.24. The molecule has 1 aromatic carbocycles. The highest BCUT2D eigenvalue weighted by atomic mass is 32.2. The van der Waals surface area contributed by atoms with E-state index in [2.05, 4.69) is 0 Å². The van der Waals surface area contributed by atoms with E-state index in [9.17, 15) is 13.2 Å². The van der Waals surface area contributed by atoms with Crippen molar-refractivity contribution in [2.45, 2.75) is 50.8 Å². The van der Waals surface area contributed by atoms with Gasteiger partial charge in [0.2, 0.25) is 0 Å². The normalized spacial score (nSPS) is 13.8. The minimum atomic E-state index is -4.02. The Kier molecular flexibility index (Phi) is 8.25. The minimum Gasteiger partial charge on any atom is -0.462 e. The molecule has 0 aliphatic carbocycles. The molecule has 2 atom stereocenters. The highest BCUT2D eigenvalue weighted by Gasteiger charge is 2.20. The molecule has 0 heterocycles.